The molecular weight excluding hydrogens is 258 g/mol. The highest BCUT2D eigenvalue weighted by Gasteiger charge is 2.25. The van der Waals surface area contributed by atoms with E-state index in [-0.39, 0.29) is 17.9 Å². The molecule has 1 heterocycles. The van der Waals surface area contributed by atoms with Gasteiger partial charge in [0.15, 0.2) is 5.82 Å². The Morgan fingerprint density at radius 1 is 1.30 bits per heavy atom. The van der Waals surface area contributed by atoms with Crippen molar-refractivity contribution < 1.29 is 9.32 Å². The summed E-state index contributed by atoms with van der Waals surface area (Å²) < 4.78 is 5.90. The van der Waals surface area contributed by atoms with Crippen LogP contribution in [-0.2, 0) is 16.8 Å². The van der Waals surface area contributed by atoms with Crippen molar-refractivity contribution in [3.8, 4) is 0 Å². The molecule has 0 atom stereocenters. The Morgan fingerprint density at radius 3 is 2.55 bits per heavy atom. The maximum absolute atomic E-state index is 12.0. The van der Waals surface area contributed by atoms with Crippen LogP contribution in [0.5, 0.6) is 0 Å². The molecule has 2 aromatic rings. The molecule has 2 rings (SSSR count). The van der Waals surface area contributed by atoms with Crippen molar-refractivity contribution in [2.75, 3.05) is 5.32 Å². The van der Waals surface area contributed by atoms with Crippen LogP contribution >= 0.6 is 0 Å². The molecule has 1 amide bonds. The van der Waals surface area contributed by atoms with Gasteiger partial charge in [-0.1, -0.05) is 44.1 Å². The number of para-hydroxylation sites is 1. The first-order chi connectivity index (χ1) is 9.38. The second kappa shape index (κ2) is 5.32. The van der Waals surface area contributed by atoms with Crippen molar-refractivity contribution >= 4 is 11.6 Å². The van der Waals surface area contributed by atoms with E-state index < -0.39 is 5.76 Å². The summed E-state index contributed by atoms with van der Waals surface area (Å²) in [5.74, 6) is -0.476. The molecule has 6 heteroatoms. The lowest BCUT2D eigenvalue weighted by molar-refractivity contribution is -0.116. The Labute approximate surface area is 116 Å². The van der Waals surface area contributed by atoms with Gasteiger partial charge in [0.1, 0.15) is 6.54 Å². The largest absolute Gasteiger partial charge is 0.442 e. The summed E-state index contributed by atoms with van der Waals surface area (Å²) in [6.45, 7) is 5.57. The average Bonchev–Trinajstić information content (AvgIpc) is 2.72. The second-order valence-corrected chi connectivity index (χ2v) is 5.52. The van der Waals surface area contributed by atoms with Gasteiger partial charge in [-0.2, -0.15) is 0 Å². The summed E-state index contributed by atoms with van der Waals surface area (Å²) in [6, 6.07) is 9.05. The van der Waals surface area contributed by atoms with Crippen LogP contribution in [0.3, 0.4) is 0 Å². The van der Waals surface area contributed by atoms with E-state index in [1.165, 1.54) is 4.57 Å². The van der Waals surface area contributed by atoms with Crippen molar-refractivity contribution in [1.29, 1.82) is 0 Å². The molecule has 106 valence electrons. The van der Waals surface area contributed by atoms with Gasteiger partial charge >= 0.3 is 5.76 Å². The Bertz CT molecular complexity index is 650. The van der Waals surface area contributed by atoms with Crippen molar-refractivity contribution in [1.82, 2.24) is 9.72 Å². The van der Waals surface area contributed by atoms with Crippen molar-refractivity contribution in [3.63, 3.8) is 0 Å². The summed E-state index contributed by atoms with van der Waals surface area (Å²) in [5, 5.41) is 6.46. The highest BCUT2D eigenvalue weighted by molar-refractivity contribution is 5.90. The molecule has 0 fully saturated rings. The highest BCUT2D eigenvalue weighted by atomic mass is 16.5. The number of carbonyl (C=O) groups is 1. The summed E-state index contributed by atoms with van der Waals surface area (Å²) in [4.78, 5) is 23.6. The topological polar surface area (TPSA) is 77.1 Å². The van der Waals surface area contributed by atoms with Crippen molar-refractivity contribution in [3.05, 3.63) is 46.7 Å². The molecule has 0 aliphatic heterocycles. The predicted octanol–water partition coefficient (Wildman–Crippen LogP) is 1.77. The summed E-state index contributed by atoms with van der Waals surface area (Å²) in [5.41, 5.74) is 0.304. The molecular formula is C14H17N3O3. The zero-order chi connectivity index (χ0) is 14.8. The predicted molar refractivity (Wildman–Crippen MR) is 74.5 cm³/mol. The summed E-state index contributed by atoms with van der Waals surface area (Å²) in [7, 11) is 0. The number of aromatic nitrogens is 2. The van der Waals surface area contributed by atoms with Crippen LogP contribution in [0.15, 0.2) is 39.6 Å². The van der Waals surface area contributed by atoms with E-state index in [0.29, 0.717) is 11.5 Å². The quantitative estimate of drug-likeness (QED) is 0.926. The third-order valence-corrected chi connectivity index (χ3v) is 2.72. The first-order valence-corrected chi connectivity index (χ1v) is 6.30. The Balaban J connectivity index is 2.17. The molecule has 0 saturated carbocycles. The van der Waals surface area contributed by atoms with Gasteiger partial charge in [-0.15, -0.1) is 0 Å². The van der Waals surface area contributed by atoms with E-state index in [1.807, 2.05) is 39.0 Å². The van der Waals surface area contributed by atoms with Crippen LogP contribution in [0.1, 0.15) is 26.6 Å². The van der Waals surface area contributed by atoms with Gasteiger partial charge in [0, 0.05) is 11.1 Å². The van der Waals surface area contributed by atoms with Crippen molar-refractivity contribution in [2.45, 2.75) is 32.7 Å². The highest BCUT2D eigenvalue weighted by Crippen LogP contribution is 2.18. The molecule has 1 aromatic carbocycles. The van der Waals surface area contributed by atoms with Gasteiger partial charge in [-0.05, 0) is 12.1 Å². The number of hydrogen-bond donors (Lipinski definition) is 1. The molecule has 0 unspecified atom stereocenters. The monoisotopic (exact) mass is 275 g/mol. The second-order valence-electron chi connectivity index (χ2n) is 5.52. The summed E-state index contributed by atoms with van der Waals surface area (Å²) >= 11 is 0. The fourth-order valence-corrected chi connectivity index (χ4v) is 1.81. The minimum Gasteiger partial charge on any atom is -0.325 e. The van der Waals surface area contributed by atoms with E-state index in [9.17, 15) is 9.59 Å². The first kappa shape index (κ1) is 14.0. The van der Waals surface area contributed by atoms with Crippen LogP contribution in [0.4, 0.5) is 5.69 Å². The van der Waals surface area contributed by atoms with E-state index in [4.69, 9.17) is 0 Å². The van der Waals surface area contributed by atoms with Crippen LogP contribution in [0.25, 0.3) is 0 Å². The standard InChI is InChI=1S/C14H17N3O3/c1-14(2,3)12-16-20-13(19)17(12)9-11(18)15-10-7-5-4-6-8-10/h4-8H,9H2,1-3H3,(H,15,18). The van der Waals surface area contributed by atoms with Crippen LogP contribution < -0.4 is 11.1 Å². The summed E-state index contributed by atoms with van der Waals surface area (Å²) in [6.07, 6.45) is 0. The number of rotatable bonds is 3. The van der Waals surface area contributed by atoms with Crippen LogP contribution in [0.2, 0.25) is 0 Å². The van der Waals surface area contributed by atoms with Gasteiger partial charge in [-0.3, -0.25) is 13.9 Å². The third kappa shape index (κ3) is 3.14. The minimum absolute atomic E-state index is 0.121. The van der Waals surface area contributed by atoms with Gasteiger partial charge < -0.3 is 5.32 Å². The van der Waals surface area contributed by atoms with Crippen LogP contribution in [-0.4, -0.2) is 15.6 Å². The number of nitrogens with one attached hydrogen (secondary N) is 1. The number of carbonyl (C=O) groups excluding carboxylic acids is 1. The molecule has 0 aliphatic carbocycles. The fourth-order valence-electron chi connectivity index (χ4n) is 1.81. The molecule has 1 aromatic heterocycles. The molecule has 0 saturated heterocycles. The molecule has 0 bridgehead atoms. The van der Waals surface area contributed by atoms with E-state index in [2.05, 4.69) is 15.0 Å². The average molecular weight is 275 g/mol. The zero-order valence-electron chi connectivity index (χ0n) is 11.7. The van der Waals surface area contributed by atoms with Crippen molar-refractivity contribution in [2.24, 2.45) is 0 Å². The molecule has 0 radical (unpaired) electrons. The Morgan fingerprint density at radius 2 is 1.95 bits per heavy atom. The van der Waals surface area contributed by atoms with Gasteiger partial charge in [-0.25, -0.2) is 4.79 Å². The number of nitrogens with zero attached hydrogens (tertiary/aromatic N) is 2. The van der Waals surface area contributed by atoms with E-state index in [0.717, 1.165) is 0 Å². The SMILES string of the molecule is CC(C)(C)c1noc(=O)n1CC(=O)Nc1ccccc1. The zero-order valence-corrected chi connectivity index (χ0v) is 11.7. The fraction of sp³-hybridized carbons (Fsp3) is 0.357. The maximum atomic E-state index is 12.0. The normalized spacial score (nSPS) is 11.3. The van der Waals surface area contributed by atoms with Gasteiger partial charge in [0.05, 0.1) is 0 Å². The molecule has 0 aliphatic rings. The number of anilines is 1. The minimum atomic E-state index is -0.627. The maximum Gasteiger partial charge on any atom is 0.442 e. The lowest BCUT2D eigenvalue weighted by Gasteiger charge is -2.16. The lowest BCUT2D eigenvalue weighted by atomic mass is 9.96. The Kier molecular flexibility index (Phi) is 3.74. The molecule has 1 N–H and O–H groups in total. The number of hydrogen-bond acceptors (Lipinski definition) is 4. The van der Waals surface area contributed by atoms with Crippen LogP contribution in [0, 0.1) is 0 Å². The number of amides is 1. The van der Waals surface area contributed by atoms with E-state index >= 15 is 0 Å². The first-order valence-electron chi connectivity index (χ1n) is 6.30. The Hall–Kier alpha value is -2.37. The third-order valence-electron chi connectivity index (χ3n) is 2.72. The van der Waals surface area contributed by atoms with E-state index in [1.54, 1.807) is 12.1 Å². The number of benzene rings is 1. The molecule has 20 heavy (non-hydrogen) atoms. The van der Waals surface area contributed by atoms with Gasteiger partial charge in [0.25, 0.3) is 0 Å². The lowest BCUT2D eigenvalue weighted by Crippen LogP contribution is -2.30. The van der Waals surface area contributed by atoms with Gasteiger partial charge in [0.2, 0.25) is 5.91 Å². The molecule has 6 nitrogen and oxygen atoms in total. The smallest absolute Gasteiger partial charge is 0.325 e. The molecule has 0 spiro atoms.